The van der Waals surface area contributed by atoms with Gasteiger partial charge in [0, 0.05) is 6.04 Å². The predicted octanol–water partition coefficient (Wildman–Crippen LogP) is 2.32. The second-order valence-electron chi connectivity index (χ2n) is 4.42. The van der Waals surface area contributed by atoms with Gasteiger partial charge in [-0.25, -0.2) is 0 Å². The van der Waals surface area contributed by atoms with Crippen LogP contribution < -0.4 is 5.73 Å². The molecule has 0 spiro atoms. The molecule has 0 saturated heterocycles. The Morgan fingerprint density at radius 1 is 1.44 bits per heavy atom. The van der Waals surface area contributed by atoms with Crippen LogP contribution in [0.3, 0.4) is 0 Å². The normalized spacial score (nSPS) is 12.8. The minimum Gasteiger partial charge on any atom is -0.395 e. The van der Waals surface area contributed by atoms with Crippen LogP contribution in [0.15, 0.2) is 24.8 Å². The van der Waals surface area contributed by atoms with Gasteiger partial charge in [0.2, 0.25) is 0 Å². The van der Waals surface area contributed by atoms with Gasteiger partial charge in [0.15, 0.2) is 0 Å². The first-order chi connectivity index (χ1) is 7.60. The molecule has 1 atom stereocenters. The molecule has 0 aliphatic carbocycles. The van der Waals surface area contributed by atoms with Gasteiger partial charge < -0.3 is 10.8 Å². The summed E-state index contributed by atoms with van der Waals surface area (Å²) in [6.07, 6.45) is 2.55. The zero-order valence-corrected chi connectivity index (χ0v) is 10.1. The fourth-order valence-electron chi connectivity index (χ4n) is 1.92. The van der Waals surface area contributed by atoms with Crippen molar-refractivity contribution in [2.45, 2.75) is 32.2 Å². The maximum Gasteiger partial charge on any atom is 0.0585 e. The van der Waals surface area contributed by atoms with Crippen LogP contribution in [0.4, 0.5) is 0 Å². The molecule has 3 N–H and O–H groups in total. The number of hydrogen-bond acceptors (Lipinski definition) is 2. The fraction of sp³-hybridized carbons (Fsp3) is 0.429. The Morgan fingerprint density at radius 2 is 2.12 bits per heavy atom. The number of aliphatic hydroxyl groups excluding tert-OH is 1. The van der Waals surface area contributed by atoms with Crippen molar-refractivity contribution < 1.29 is 5.11 Å². The van der Waals surface area contributed by atoms with E-state index in [4.69, 9.17) is 10.8 Å². The molecule has 2 heteroatoms. The molecule has 0 radical (unpaired) electrons. The van der Waals surface area contributed by atoms with E-state index in [-0.39, 0.29) is 12.6 Å². The lowest BCUT2D eigenvalue weighted by Crippen LogP contribution is -2.27. The van der Waals surface area contributed by atoms with Gasteiger partial charge in [-0.05, 0) is 29.0 Å². The average Bonchev–Trinajstić information content (AvgIpc) is 2.28. The van der Waals surface area contributed by atoms with Gasteiger partial charge in [-0.3, -0.25) is 0 Å². The zero-order valence-electron chi connectivity index (χ0n) is 10.1. The number of aliphatic hydroxyl groups is 1. The lowest BCUT2D eigenvalue weighted by Gasteiger charge is -2.18. The summed E-state index contributed by atoms with van der Waals surface area (Å²) in [5.41, 5.74) is 9.44. The summed E-state index contributed by atoms with van der Waals surface area (Å²) in [6.45, 7) is 8.16. The fourth-order valence-corrected chi connectivity index (χ4v) is 1.92. The summed E-state index contributed by atoms with van der Waals surface area (Å²) < 4.78 is 0. The topological polar surface area (TPSA) is 46.2 Å². The quantitative estimate of drug-likeness (QED) is 0.798. The Kier molecular flexibility index (Phi) is 4.71. The van der Waals surface area contributed by atoms with Crippen LogP contribution >= 0.6 is 0 Å². The number of rotatable bonds is 5. The summed E-state index contributed by atoms with van der Waals surface area (Å²) in [5.74, 6) is 0.459. The first-order valence-electron chi connectivity index (χ1n) is 5.70. The summed E-state index contributed by atoms with van der Waals surface area (Å²) >= 11 is 0. The number of benzene rings is 1. The van der Waals surface area contributed by atoms with E-state index in [1.165, 1.54) is 11.1 Å². The van der Waals surface area contributed by atoms with Crippen molar-refractivity contribution in [3.63, 3.8) is 0 Å². The molecule has 0 amide bonds. The van der Waals surface area contributed by atoms with Gasteiger partial charge in [0.1, 0.15) is 0 Å². The second kappa shape index (κ2) is 5.83. The summed E-state index contributed by atoms with van der Waals surface area (Å²) in [4.78, 5) is 0. The van der Waals surface area contributed by atoms with Crippen molar-refractivity contribution in [2.75, 3.05) is 6.61 Å². The molecule has 88 valence electrons. The van der Waals surface area contributed by atoms with E-state index in [0.717, 1.165) is 5.56 Å². The van der Waals surface area contributed by atoms with Gasteiger partial charge in [-0.15, -0.1) is 0 Å². The first-order valence-corrected chi connectivity index (χ1v) is 5.70. The Morgan fingerprint density at radius 3 is 2.62 bits per heavy atom. The van der Waals surface area contributed by atoms with Crippen LogP contribution in [0.5, 0.6) is 0 Å². The summed E-state index contributed by atoms with van der Waals surface area (Å²) in [6, 6.07) is 6.01. The molecule has 1 aromatic carbocycles. The van der Waals surface area contributed by atoms with Gasteiger partial charge in [0.05, 0.1) is 6.61 Å². The van der Waals surface area contributed by atoms with Crippen molar-refractivity contribution in [3.05, 3.63) is 41.5 Å². The van der Waals surface area contributed by atoms with Gasteiger partial charge in [0.25, 0.3) is 0 Å². The monoisotopic (exact) mass is 219 g/mol. The Bertz CT molecular complexity index is 358. The van der Waals surface area contributed by atoms with Crippen LogP contribution in [0.2, 0.25) is 0 Å². The standard InChI is InChI=1S/C14H21NO/c1-4-11-6-5-7-13(10(2)3)14(11)8-12(15)9-16/h4-7,10,12,16H,1,8-9,15H2,2-3H3/t12-/m1/s1. The van der Waals surface area contributed by atoms with Crippen molar-refractivity contribution in [1.29, 1.82) is 0 Å². The van der Waals surface area contributed by atoms with Crippen LogP contribution in [-0.4, -0.2) is 17.8 Å². The molecule has 1 aromatic rings. The van der Waals surface area contributed by atoms with E-state index >= 15 is 0 Å². The van der Waals surface area contributed by atoms with Crippen molar-refractivity contribution in [1.82, 2.24) is 0 Å². The summed E-state index contributed by atoms with van der Waals surface area (Å²) in [5, 5.41) is 9.04. The molecule has 0 bridgehead atoms. The van der Waals surface area contributed by atoms with E-state index < -0.39 is 0 Å². The molecular formula is C14H21NO. The Balaban J connectivity index is 3.14. The zero-order chi connectivity index (χ0) is 12.1. The molecule has 1 rings (SSSR count). The Labute approximate surface area is 97.8 Å². The van der Waals surface area contributed by atoms with E-state index in [0.29, 0.717) is 12.3 Å². The maximum atomic E-state index is 9.04. The largest absolute Gasteiger partial charge is 0.395 e. The molecule has 0 unspecified atom stereocenters. The molecule has 0 aliphatic rings. The minimum atomic E-state index is -0.196. The molecular weight excluding hydrogens is 198 g/mol. The van der Waals surface area contributed by atoms with E-state index in [1.54, 1.807) is 0 Å². The van der Waals surface area contributed by atoms with Gasteiger partial charge in [-0.2, -0.15) is 0 Å². The molecule has 0 fully saturated rings. The SMILES string of the molecule is C=Cc1cccc(C(C)C)c1C[C@@H](N)CO. The predicted molar refractivity (Wildman–Crippen MR) is 69.4 cm³/mol. The number of hydrogen-bond donors (Lipinski definition) is 2. The van der Waals surface area contributed by atoms with E-state index in [2.05, 4.69) is 26.5 Å². The molecule has 0 saturated carbocycles. The smallest absolute Gasteiger partial charge is 0.0585 e. The lowest BCUT2D eigenvalue weighted by molar-refractivity contribution is 0.265. The molecule has 2 nitrogen and oxygen atoms in total. The van der Waals surface area contributed by atoms with Crippen LogP contribution in [0.1, 0.15) is 36.5 Å². The highest BCUT2D eigenvalue weighted by Gasteiger charge is 2.12. The van der Waals surface area contributed by atoms with Crippen LogP contribution in [0, 0.1) is 0 Å². The summed E-state index contributed by atoms with van der Waals surface area (Å²) in [7, 11) is 0. The first kappa shape index (κ1) is 12.9. The van der Waals surface area contributed by atoms with Crippen LogP contribution in [0.25, 0.3) is 6.08 Å². The maximum absolute atomic E-state index is 9.04. The van der Waals surface area contributed by atoms with Crippen LogP contribution in [-0.2, 0) is 6.42 Å². The lowest BCUT2D eigenvalue weighted by atomic mass is 9.89. The third kappa shape index (κ3) is 2.94. The molecule has 16 heavy (non-hydrogen) atoms. The Hall–Kier alpha value is -1.12. The third-order valence-electron chi connectivity index (χ3n) is 2.79. The van der Waals surface area contributed by atoms with E-state index in [9.17, 15) is 0 Å². The van der Waals surface area contributed by atoms with E-state index in [1.807, 2.05) is 18.2 Å². The van der Waals surface area contributed by atoms with Crippen molar-refractivity contribution in [2.24, 2.45) is 5.73 Å². The highest BCUT2D eigenvalue weighted by Crippen LogP contribution is 2.24. The average molecular weight is 219 g/mol. The molecule has 0 aromatic heterocycles. The third-order valence-corrected chi connectivity index (χ3v) is 2.79. The number of nitrogens with two attached hydrogens (primary N) is 1. The second-order valence-corrected chi connectivity index (χ2v) is 4.42. The minimum absolute atomic E-state index is 0.0169. The highest BCUT2D eigenvalue weighted by atomic mass is 16.3. The molecule has 0 heterocycles. The van der Waals surface area contributed by atoms with Gasteiger partial charge >= 0.3 is 0 Å². The van der Waals surface area contributed by atoms with Crippen molar-refractivity contribution in [3.8, 4) is 0 Å². The molecule has 0 aliphatic heterocycles. The van der Waals surface area contributed by atoms with Gasteiger partial charge in [-0.1, -0.05) is 44.7 Å². The highest BCUT2D eigenvalue weighted by molar-refractivity contribution is 5.55. The van der Waals surface area contributed by atoms with Crippen molar-refractivity contribution >= 4 is 6.08 Å².